The number of allylic oxidation sites excluding steroid dienone is 1. The first-order valence-corrected chi connectivity index (χ1v) is 8.09. The van der Waals surface area contributed by atoms with Crippen molar-refractivity contribution in [3.8, 4) is 0 Å². The van der Waals surface area contributed by atoms with E-state index in [2.05, 4.69) is 27.4 Å². The van der Waals surface area contributed by atoms with Crippen LogP contribution in [-0.2, 0) is 0 Å². The summed E-state index contributed by atoms with van der Waals surface area (Å²) in [6, 6.07) is 0. The average molecular weight is 237 g/mol. The van der Waals surface area contributed by atoms with Gasteiger partial charge in [-0.2, -0.15) is 0 Å². The monoisotopic (exact) mass is 236 g/mol. The van der Waals surface area contributed by atoms with Crippen LogP contribution >= 0.6 is 19.5 Å². The zero-order chi connectivity index (χ0) is 11.2. The number of hydrogen-bond acceptors (Lipinski definition) is 0. The van der Waals surface area contributed by atoms with Gasteiger partial charge in [0.1, 0.15) is 0 Å². The Bertz CT molecular complexity index is 90.2. The highest BCUT2D eigenvalue weighted by Gasteiger charge is 2.02. The van der Waals surface area contributed by atoms with Crippen molar-refractivity contribution in [3.63, 3.8) is 0 Å². The Morgan fingerprint density at radius 2 is 1.29 bits per heavy atom. The number of rotatable bonds is 7. The topological polar surface area (TPSA) is 0 Å². The second-order valence-corrected chi connectivity index (χ2v) is 6.28. The molecule has 0 N–H and O–H groups in total. The van der Waals surface area contributed by atoms with Crippen LogP contribution in [0.2, 0.25) is 0 Å². The summed E-state index contributed by atoms with van der Waals surface area (Å²) in [5.41, 5.74) is 0. The Labute approximate surface area is 96.9 Å². The number of halogens is 1. The highest BCUT2D eigenvalue weighted by Crippen LogP contribution is 2.37. The van der Waals surface area contributed by atoms with E-state index in [4.69, 9.17) is 11.6 Å². The molecule has 0 bridgehead atoms. The first kappa shape index (κ1) is 16.9. The van der Waals surface area contributed by atoms with Gasteiger partial charge in [0.15, 0.2) is 0 Å². The van der Waals surface area contributed by atoms with Gasteiger partial charge in [-0.15, -0.1) is 26.1 Å². The van der Waals surface area contributed by atoms with Gasteiger partial charge >= 0.3 is 0 Å². The van der Waals surface area contributed by atoms with E-state index in [0.29, 0.717) is 13.8 Å². The van der Waals surface area contributed by atoms with Crippen molar-refractivity contribution in [1.82, 2.24) is 0 Å². The molecule has 0 saturated heterocycles. The third kappa shape index (κ3) is 15.0. The molecule has 0 aliphatic rings. The molecule has 0 amide bonds. The van der Waals surface area contributed by atoms with Gasteiger partial charge in [0.05, 0.1) is 0 Å². The third-order valence-electron chi connectivity index (χ3n) is 1.73. The SMILES string of the molecule is C=CCCl.CCCP(CCC)CCC. The van der Waals surface area contributed by atoms with Crippen LogP contribution in [0, 0.1) is 0 Å². The maximum atomic E-state index is 5.07. The molecule has 0 aromatic carbocycles. The van der Waals surface area contributed by atoms with Crippen LogP contribution in [0.1, 0.15) is 40.0 Å². The Kier molecular flexibility index (Phi) is 19.2. The van der Waals surface area contributed by atoms with Gasteiger partial charge in [-0.25, -0.2) is 0 Å². The number of hydrogen-bond donors (Lipinski definition) is 0. The van der Waals surface area contributed by atoms with Gasteiger partial charge in [0.2, 0.25) is 0 Å². The summed E-state index contributed by atoms with van der Waals surface area (Å²) >= 11 is 5.07. The molecular weight excluding hydrogens is 211 g/mol. The molecule has 0 saturated carbocycles. The third-order valence-corrected chi connectivity index (χ3v) is 5.19. The predicted octanol–water partition coefficient (Wildman–Crippen LogP) is 5.11. The van der Waals surface area contributed by atoms with Gasteiger partial charge in [0, 0.05) is 5.88 Å². The molecule has 0 atom stereocenters. The van der Waals surface area contributed by atoms with Crippen molar-refractivity contribution in [1.29, 1.82) is 0 Å². The van der Waals surface area contributed by atoms with Crippen molar-refractivity contribution < 1.29 is 0 Å². The maximum absolute atomic E-state index is 5.07. The second kappa shape index (κ2) is 15.9. The van der Waals surface area contributed by atoms with Gasteiger partial charge in [0.25, 0.3) is 0 Å². The predicted molar refractivity (Wildman–Crippen MR) is 73.3 cm³/mol. The highest BCUT2D eigenvalue weighted by molar-refractivity contribution is 7.57. The van der Waals surface area contributed by atoms with Gasteiger partial charge in [-0.05, 0) is 18.5 Å². The molecule has 0 aromatic heterocycles. The van der Waals surface area contributed by atoms with Crippen molar-refractivity contribution in [3.05, 3.63) is 12.7 Å². The van der Waals surface area contributed by atoms with Crippen molar-refractivity contribution in [2.75, 3.05) is 24.4 Å². The Morgan fingerprint density at radius 3 is 1.43 bits per heavy atom. The van der Waals surface area contributed by atoms with E-state index in [9.17, 15) is 0 Å². The largest absolute Gasteiger partial charge is 0.122 e. The molecule has 0 unspecified atom stereocenters. The minimum absolute atomic E-state index is 0.439. The molecule has 2 heteroatoms. The minimum Gasteiger partial charge on any atom is -0.122 e. The first-order valence-electron chi connectivity index (χ1n) is 5.65. The van der Waals surface area contributed by atoms with E-state index in [0.717, 1.165) is 0 Å². The Morgan fingerprint density at radius 1 is 1.00 bits per heavy atom. The molecule has 0 fully saturated rings. The zero-order valence-electron chi connectivity index (χ0n) is 10.1. The number of alkyl halides is 1. The summed E-state index contributed by atoms with van der Waals surface area (Å²) in [5.74, 6) is 0.556. The molecule has 0 aromatic rings. The lowest BCUT2D eigenvalue weighted by molar-refractivity contribution is 1.02. The normalized spacial score (nSPS) is 9.50. The van der Waals surface area contributed by atoms with Gasteiger partial charge in [-0.1, -0.05) is 46.1 Å². The van der Waals surface area contributed by atoms with E-state index in [1.807, 2.05) is 0 Å². The zero-order valence-corrected chi connectivity index (χ0v) is 11.7. The average Bonchev–Trinajstić information content (AvgIpc) is 2.20. The first-order chi connectivity index (χ1) is 6.76. The molecule has 0 spiro atoms. The summed E-state index contributed by atoms with van der Waals surface area (Å²) < 4.78 is 0. The molecule has 0 aliphatic heterocycles. The van der Waals surface area contributed by atoms with Crippen LogP contribution in [-0.4, -0.2) is 24.4 Å². The van der Waals surface area contributed by atoms with Crippen LogP contribution in [0.5, 0.6) is 0 Å². The minimum atomic E-state index is 0.439. The lowest BCUT2D eigenvalue weighted by Crippen LogP contribution is -1.92. The summed E-state index contributed by atoms with van der Waals surface area (Å²) in [4.78, 5) is 0. The molecule has 14 heavy (non-hydrogen) atoms. The van der Waals surface area contributed by atoms with Crippen LogP contribution in [0.25, 0.3) is 0 Å². The van der Waals surface area contributed by atoms with Gasteiger partial charge < -0.3 is 0 Å². The molecule has 0 rings (SSSR count). The van der Waals surface area contributed by atoms with E-state index < -0.39 is 0 Å². The fourth-order valence-electron chi connectivity index (χ4n) is 1.28. The van der Waals surface area contributed by atoms with E-state index in [1.54, 1.807) is 6.08 Å². The van der Waals surface area contributed by atoms with Crippen LogP contribution < -0.4 is 0 Å². The molecule has 86 valence electrons. The maximum Gasteiger partial charge on any atom is 0.0401 e. The van der Waals surface area contributed by atoms with Crippen molar-refractivity contribution in [2.45, 2.75) is 40.0 Å². The molecule has 0 aliphatic carbocycles. The van der Waals surface area contributed by atoms with Gasteiger partial charge in [-0.3, -0.25) is 0 Å². The molecule has 0 radical (unpaired) electrons. The molecule has 0 nitrogen and oxygen atoms in total. The quantitative estimate of drug-likeness (QED) is 0.327. The summed E-state index contributed by atoms with van der Waals surface area (Å²) in [7, 11) is 0.439. The lowest BCUT2D eigenvalue weighted by atomic mass is 10.6. The summed E-state index contributed by atoms with van der Waals surface area (Å²) in [6.07, 6.45) is 10.4. The van der Waals surface area contributed by atoms with Crippen LogP contribution in [0.3, 0.4) is 0 Å². The second-order valence-electron chi connectivity index (χ2n) is 3.28. The molecular formula is C12H26ClP. The van der Waals surface area contributed by atoms with Crippen molar-refractivity contribution in [2.24, 2.45) is 0 Å². The van der Waals surface area contributed by atoms with Crippen LogP contribution in [0.15, 0.2) is 12.7 Å². The highest BCUT2D eigenvalue weighted by atomic mass is 35.5. The summed E-state index contributed by atoms with van der Waals surface area (Å²) in [6.45, 7) is 10.3. The van der Waals surface area contributed by atoms with E-state index in [-0.39, 0.29) is 0 Å². The molecule has 0 heterocycles. The van der Waals surface area contributed by atoms with Crippen molar-refractivity contribution >= 4 is 19.5 Å². The van der Waals surface area contributed by atoms with Crippen LogP contribution in [0.4, 0.5) is 0 Å². The van der Waals surface area contributed by atoms with E-state index >= 15 is 0 Å². The Hall–Kier alpha value is 0.460. The smallest absolute Gasteiger partial charge is 0.0401 e. The Balaban J connectivity index is 0. The fourth-order valence-corrected chi connectivity index (χ4v) is 3.85. The van der Waals surface area contributed by atoms with E-state index in [1.165, 1.54) is 37.7 Å². The fraction of sp³-hybridized carbons (Fsp3) is 0.833. The lowest BCUT2D eigenvalue weighted by Gasteiger charge is -2.13. The standard InChI is InChI=1S/C9H21P.C3H5Cl/c1-4-7-10(8-5-2)9-6-3;1-2-3-4/h4-9H2,1-3H3;2H,1,3H2. The summed E-state index contributed by atoms with van der Waals surface area (Å²) in [5, 5.41) is 0.